The van der Waals surface area contributed by atoms with Crippen LogP contribution in [0.5, 0.6) is 0 Å². The number of hydrogen-bond donors (Lipinski definition) is 1. The highest BCUT2D eigenvalue weighted by Gasteiger charge is 2.16. The number of hydrogen-bond acceptors (Lipinski definition) is 2. The lowest BCUT2D eigenvalue weighted by molar-refractivity contribution is 0.0810. The molecule has 0 saturated carbocycles. The zero-order valence-corrected chi connectivity index (χ0v) is 9.35. The number of nitrogens with two attached hydrogens (primary N) is 1. The Morgan fingerprint density at radius 3 is 2.62 bits per heavy atom. The summed E-state index contributed by atoms with van der Waals surface area (Å²) in [5.74, 6) is -2.23. The van der Waals surface area contributed by atoms with E-state index < -0.39 is 17.5 Å². The maximum Gasteiger partial charge on any atom is 0.256 e. The van der Waals surface area contributed by atoms with Gasteiger partial charge >= 0.3 is 0 Å². The van der Waals surface area contributed by atoms with Crippen molar-refractivity contribution in [2.75, 3.05) is 13.6 Å². The van der Waals surface area contributed by atoms with Gasteiger partial charge in [0.1, 0.15) is 11.6 Å². The molecule has 0 unspecified atom stereocenters. The van der Waals surface area contributed by atoms with Crippen molar-refractivity contribution in [3.8, 4) is 0 Å². The molecule has 0 aliphatic heterocycles. The fraction of sp³-hybridized carbons (Fsp3) is 0.200. The SMILES string of the molecule is CN(CC(N)=S)C(=O)c1ccc(F)cc1F. The number of likely N-dealkylation sites (N-methyl/N-ethyl adjacent to an activating group) is 1. The van der Waals surface area contributed by atoms with Crippen LogP contribution in [-0.4, -0.2) is 29.4 Å². The first-order chi connectivity index (χ1) is 7.41. The van der Waals surface area contributed by atoms with Gasteiger partial charge in [0.25, 0.3) is 5.91 Å². The normalized spacial score (nSPS) is 9.94. The molecule has 16 heavy (non-hydrogen) atoms. The average Bonchev–Trinajstić information content (AvgIpc) is 2.15. The van der Waals surface area contributed by atoms with E-state index in [0.29, 0.717) is 6.07 Å². The molecule has 0 bridgehead atoms. The molecule has 0 fully saturated rings. The van der Waals surface area contributed by atoms with Gasteiger partial charge in [-0.25, -0.2) is 8.78 Å². The molecule has 1 rings (SSSR count). The maximum absolute atomic E-state index is 13.2. The summed E-state index contributed by atoms with van der Waals surface area (Å²) in [6.07, 6.45) is 0. The van der Waals surface area contributed by atoms with E-state index in [-0.39, 0.29) is 17.1 Å². The van der Waals surface area contributed by atoms with E-state index in [1.807, 2.05) is 0 Å². The first-order valence-corrected chi connectivity index (χ1v) is 4.81. The van der Waals surface area contributed by atoms with Crippen molar-refractivity contribution < 1.29 is 13.6 Å². The van der Waals surface area contributed by atoms with Crippen LogP contribution in [-0.2, 0) is 0 Å². The molecule has 0 saturated heterocycles. The van der Waals surface area contributed by atoms with Crippen molar-refractivity contribution in [2.24, 2.45) is 5.73 Å². The summed E-state index contributed by atoms with van der Waals surface area (Å²) in [5.41, 5.74) is 5.05. The van der Waals surface area contributed by atoms with Gasteiger partial charge in [-0.1, -0.05) is 12.2 Å². The smallest absolute Gasteiger partial charge is 0.256 e. The van der Waals surface area contributed by atoms with Crippen LogP contribution >= 0.6 is 12.2 Å². The number of carbonyl (C=O) groups is 1. The van der Waals surface area contributed by atoms with Crippen LogP contribution < -0.4 is 5.73 Å². The predicted octanol–water partition coefficient (Wildman–Crippen LogP) is 1.32. The van der Waals surface area contributed by atoms with E-state index in [1.165, 1.54) is 11.9 Å². The van der Waals surface area contributed by atoms with Crippen molar-refractivity contribution in [3.63, 3.8) is 0 Å². The zero-order valence-electron chi connectivity index (χ0n) is 8.54. The minimum absolute atomic E-state index is 0.0466. The molecule has 86 valence electrons. The molecule has 0 radical (unpaired) electrons. The molecule has 2 N–H and O–H groups in total. The molecule has 1 aromatic rings. The van der Waals surface area contributed by atoms with Crippen molar-refractivity contribution in [1.29, 1.82) is 0 Å². The number of thiocarbonyl (C=S) groups is 1. The molecule has 6 heteroatoms. The fourth-order valence-corrected chi connectivity index (χ4v) is 1.37. The molecular formula is C10H10F2N2OS. The largest absolute Gasteiger partial charge is 0.392 e. The highest BCUT2D eigenvalue weighted by Crippen LogP contribution is 2.11. The van der Waals surface area contributed by atoms with E-state index in [0.717, 1.165) is 12.1 Å². The highest BCUT2D eigenvalue weighted by molar-refractivity contribution is 7.80. The number of carbonyl (C=O) groups excluding carboxylic acids is 1. The lowest BCUT2D eigenvalue weighted by Gasteiger charge is -2.16. The lowest BCUT2D eigenvalue weighted by Crippen LogP contribution is -2.34. The summed E-state index contributed by atoms with van der Waals surface area (Å²) in [6.45, 7) is 0.0466. The van der Waals surface area contributed by atoms with Gasteiger partial charge in [-0.2, -0.15) is 0 Å². The maximum atomic E-state index is 13.2. The summed E-state index contributed by atoms with van der Waals surface area (Å²) >= 11 is 4.62. The van der Waals surface area contributed by atoms with E-state index in [2.05, 4.69) is 12.2 Å². The Bertz CT molecular complexity index is 437. The third-order valence-electron chi connectivity index (χ3n) is 1.90. The van der Waals surface area contributed by atoms with E-state index in [1.54, 1.807) is 0 Å². The summed E-state index contributed by atoms with van der Waals surface area (Å²) in [7, 11) is 1.43. The Morgan fingerprint density at radius 1 is 1.50 bits per heavy atom. The Balaban J connectivity index is 2.92. The molecule has 0 aliphatic carbocycles. The number of nitrogens with zero attached hydrogens (tertiary/aromatic N) is 1. The molecule has 1 aromatic carbocycles. The highest BCUT2D eigenvalue weighted by atomic mass is 32.1. The van der Waals surface area contributed by atoms with Crippen molar-refractivity contribution in [1.82, 2.24) is 4.90 Å². The van der Waals surface area contributed by atoms with E-state index in [9.17, 15) is 13.6 Å². The summed E-state index contributed by atoms with van der Waals surface area (Å²) in [6, 6.07) is 2.76. The number of amides is 1. The quantitative estimate of drug-likeness (QED) is 0.816. The van der Waals surface area contributed by atoms with Crippen molar-refractivity contribution in [3.05, 3.63) is 35.4 Å². The second kappa shape index (κ2) is 4.98. The second-order valence-corrected chi connectivity index (χ2v) is 3.78. The first kappa shape index (κ1) is 12.5. The van der Waals surface area contributed by atoms with Gasteiger partial charge in [-0.05, 0) is 12.1 Å². The van der Waals surface area contributed by atoms with Gasteiger partial charge in [0.05, 0.1) is 17.1 Å². The Labute approximate surface area is 96.8 Å². The number of benzene rings is 1. The Hall–Kier alpha value is -1.56. The predicted molar refractivity (Wildman–Crippen MR) is 60.1 cm³/mol. The average molecular weight is 244 g/mol. The molecular weight excluding hydrogens is 234 g/mol. The monoisotopic (exact) mass is 244 g/mol. The Morgan fingerprint density at radius 2 is 2.12 bits per heavy atom. The van der Waals surface area contributed by atoms with Gasteiger partial charge in [0.15, 0.2) is 0 Å². The third-order valence-corrected chi connectivity index (χ3v) is 2.03. The molecule has 1 amide bonds. The van der Waals surface area contributed by atoms with Gasteiger partial charge in [-0.15, -0.1) is 0 Å². The van der Waals surface area contributed by atoms with Gasteiger partial charge < -0.3 is 10.6 Å². The minimum atomic E-state index is -0.903. The fourth-order valence-electron chi connectivity index (χ4n) is 1.17. The summed E-state index contributed by atoms with van der Waals surface area (Å²) in [4.78, 5) is 12.9. The standard InChI is InChI=1S/C10H10F2N2OS/c1-14(5-9(13)16)10(15)7-3-2-6(11)4-8(7)12/h2-4H,5H2,1H3,(H2,13,16). The molecule has 3 nitrogen and oxygen atoms in total. The molecule has 0 heterocycles. The van der Waals surface area contributed by atoms with E-state index in [4.69, 9.17) is 5.73 Å². The number of halogens is 2. The van der Waals surface area contributed by atoms with E-state index >= 15 is 0 Å². The Kier molecular flexibility index (Phi) is 3.89. The van der Waals surface area contributed by atoms with Crippen LogP contribution in [0.4, 0.5) is 8.78 Å². The van der Waals surface area contributed by atoms with Crippen molar-refractivity contribution in [2.45, 2.75) is 0 Å². The first-order valence-electron chi connectivity index (χ1n) is 4.40. The van der Waals surface area contributed by atoms with Crippen LogP contribution in [0.15, 0.2) is 18.2 Å². The van der Waals surface area contributed by atoms with Gasteiger partial charge in [-0.3, -0.25) is 4.79 Å². The lowest BCUT2D eigenvalue weighted by atomic mass is 10.2. The zero-order chi connectivity index (χ0) is 12.3. The van der Waals surface area contributed by atoms with Gasteiger partial charge in [0, 0.05) is 13.1 Å². The molecule has 0 aromatic heterocycles. The van der Waals surface area contributed by atoms with Crippen LogP contribution in [0.25, 0.3) is 0 Å². The molecule has 0 aliphatic rings. The second-order valence-electron chi connectivity index (χ2n) is 3.25. The topological polar surface area (TPSA) is 46.3 Å². The summed E-state index contributed by atoms with van der Waals surface area (Å²) in [5, 5.41) is 0. The van der Waals surface area contributed by atoms with Gasteiger partial charge in [0.2, 0.25) is 0 Å². The van der Waals surface area contributed by atoms with Crippen LogP contribution in [0.2, 0.25) is 0 Å². The van der Waals surface area contributed by atoms with Crippen LogP contribution in [0, 0.1) is 11.6 Å². The van der Waals surface area contributed by atoms with Crippen LogP contribution in [0.3, 0.4) is 0 Å². The third kappa shape index (κ3) is 2.96. The van der Waals surface area contributed by atoms with Crippen molar-refractivity contribution >= 4 is 23.1 Å². The number of rotatable bonds is 3. The molecule has 0 atom stereocenters. The minimum Gasteiger partial charge on any atom is -0.392 e. The van der Waals surface area contributed by atoms with Crippen LogP contribution in [0.1, 0.15) is 10.4 Å². The molecule has 0 spiro atoms. The summed E-state index contributed by atoms with van der Waals surface area (Å²) < 4.78 is 25.9.